The topological polar surface area (TPSA) is 97.1 Å². The number of H-pyrrole nitrogens is 1. The van der Waals surface area contributed by atoms with E-state index in [1.165, 1.54) is 0 Å². The molecule has 2 aromatic heterocycles. The van der Waals surface area contributed by atoms with Gasteiger partial charge < -0.3 is 15.4 Å². The second-order valence-electron chi connectivity index (χ2n) is 9.20. The van der Waals surface area contributed by atoms with Crippen molar-refractivity contribution in [3.05, 3.63) is 89.8 Å². The lowest BCUT2D eigenvalue weighted by Crippen LogP contribution is -2.27. The normalized spacial score (nSPS) is 15.6. The summed E-state index contributed by atoms with van der Waals surface area (Å²) < 4.78 is 6.05. The number of aromatic nitrogens is 3. The average molecular weight is 478 g/mol. The number of aromatic amines is 1. The Labute approximate surface area is 209 Å². The van der Waals surface area contributed by atoms with Crippen LogP contribution in [0.5, 0.6) is 5.75 Å². The van der Waals surface area contributed by atoms with Gasteiger partial charge in [0.2, 0.25) is 0 Å². The summed E-state index contributed by atoms with van der Waals surface area (Å²) in [6, 6.07) is 17.5. The van der Waals surface area contributed by atoms with Gasteiger partial charge in [-0.15, -0.1) is 0 Å². The molecule has 3 N–H and O–H groups in total. The Kier molecular flexibility index (Phi) is 5.73. The van der Waals surface area contributed by atoms with Crippen molar-refractivity contribution in [1.29, 1.82) is 0 Å². The summed E-state index contributed by atoms with van der Waals surface area (Å²) in [5, 5.41) is 8.09. The second kappa shape index (κ2) is 9.34. The Morgan fingerprint density at radius 3 is 2.47 bits per heavy atom. The van der Waals surface area contributed by atoms with E-state index in [0.29, 0.717) is 11.4 Å². The lowest BCUT2D eigenvalue weighted by atomic mass is 9.90. The number of hydrogen-bond donors (Lipinski definition) is 2. The molecule has 1 aliphatic heterocycles. The first-order valence-corrected chi connectivity index (χ1v) is 12.3. The van der Waals surface area contributed by atoms with Crippen LogP contribution in [0.3, 0.4) is 0 Å². The SMILES string of the molecule is Nc1n[nH]c2cnc(-c3ccc(C(=O)N4CCCC4)cc3)c(C3=CC=C(Oc4ccccc4)CC3)c12. The summed E-state index contributed by atoms with van der Waals surface area (Å²) in [6.07, 6.45) is 9.56. The van der Waals surface area contributed by atoms with Gasteiger partial charge in [0.15, 0.2) is 5.82 Å². The maximum Gasteiger partial charge on any atom is 0.253 e. The number of hydrogen-bond acceptors (Lipinski definition) is 5. The Balaban J connectivity index is 1.37. The van der Waals surface area contributed by atoms with Crippen LogP contribution in [0.1, 0.15) is 41.6 Å². The molecule has 0 saturated carbocycles. The molecule has 0 spiro atoms. The third-order valence-electron chi connectivity index (χ3n) is 6.85. The highest BCUT2D eigenvalue weighted by molar-refractivity contribution is 6.03. The van der Waals surface area contributed by atoms with Crippen LogP contribution < -0.4 is 10.5 Å². The smallest absolute Gasteiger partial charge is 0.253 e. The predicted molar refractivity (Wildman–Crippen MR) is 141 cm³/mol. The zero-order valence-corrected chi connectivity index (χ0v) is 19.9. The predicted octanol–water partition coefficient (Wildman–Crippen LogP) is 5.58. The van der Waals surface area contributed by atoms with Gasteiger partial charge in [-0.25, -0.2) is 0 Å². The third-order valence-corrected chi connectivity index (χ3v) is 6.85. The van der Waals surface area contributed by atoms with Crippen molar-refractivity contribution >= 4 is 28.2 Å². The number of carbonyl (C=O) groups is 1. The molecular weight excluding hydrogens is 450 g/mol. The average Bonchev–Trinajstić information content (AvgIpc) is 3.60. The van der Waals surface area contributed by atoms with E-state index in [-0.39, 0.29) is 5.91 Å². The van der Waals surface area contributed by atoms with E-state index in [4.69, 9.17) is 15.5 Å². The number of nitrogens with zero attached hydrogens (tertiary/aromatic N) is 3. The van der Waals surface area contributed by atoms with Gasteiger partial charge in [0.05, 0.1) is 22.8 Å². The Hall–Kier alpha value is -4.39. The van der Waals surface area contributed by atoms with E-state index in [2.05, 4.69) is 16.3 Å². The first-order valence-electron chi connectivity index (χ1n) is 12.3. The number of allylic oxidation sites excluding steroid dienone is 4. The van der Waals surface area contributed by atoms with Gasteiger partial charge in [-0.3, -0.25) is 14.9 Å². The molecule has 180 valence electrons. The Morgan fingerprint density at radius 2 is 1.75 bits per heavy atom. The molecule has 1 fully saturated rings. The monoisotopic (exact) mass is 477 g/mol. The largest absolute Gasteiger partial charge is 0.462 e. The number of nitrogens with one attached hydrogen (secondary N) is 1. The fraction of sp³-hybridized carbons (Fsp3) is 0.207. The molecule has 1 aliphatic carbocycles. The maximum atomic E-state index is 12.8. The number of fused-ring (bicyclic) bond motifs is 1. The van der Waals surface area contributed by atoms with Crippen molar-refractivity contribution in [2.24, 2.45) is 0 Å². The van der Waals surface area contributed by atoms with E-state index in [1.807, 2.05) is 65.6 Å². The van der Waals surface area contributed by atoms with Gasteiger partial charge in [0.25, 0.3) is 5.91 Å². The van der Waals surface area contributed by atoms with Crippen LogP contribution in [0.4, 0.5) is 5.82 Å². The highest BCUT2D eigenvalue weighted by Gasteiger charge is 2.22. The van der Waals surface area contributed by atoms with Gasteiger partial charge in [-0.1, -0.05) is 36.4 Å². The number of ether oxygens (including phenoxy) is 1. The maximum absolute atomic E-state index is 12.8. The molecule has 1 amide bonds. The molecule has 6 rings (SSSR count). The molecule has 2 aromatic carbocycles. The number of para-hydroxylation sites is 1. The quantitative estimate of drug-likeness (QED) is 0.391. The van der Waals surface area contributed by atoms with E-state index < -0.39 is 0 Å². The van der Waals surface area contributed by atoms with Crippen molar-refractivity contribution in [2.75, 3.05) is 18.8 Å². The van der Waals surface area contributed by atoms with Gasteiger partial charge in [-0.05, 0) is 55.2 Å². The summed E-state index contributed by atoms with van der Waals surface area (Å²) in [6.45, 7) is 1.67. The summed E-state index contributed by atoms with van der Waals surface area (Å²) >= 11 is 0. The molecule has 2 aliphatic rings. The Morgan fingerprint density at radius 1 is 0.972 bits per heavy atom. The highest BCUT2D eigenvalue weighted by atomic mass is 16.5. The number of nitrogens with two attached hydrogens (primary N) is 1. The van der Waals surface area contributed by atoms with Gasteiger partial charge in [-0.2, -0.15) is 5.10 Å². The summed E-state index contributed by atoms with van der Waals surface area (Å²) in [4.78, 5) is 19.5. The molecule has 36 heavy (non-hydrogen) atoms. The third kappa shape index (κ3) is 4.13. The number of anilines is 1. The van der Waals surface area contributed by atoms with Crippen molar-refractivity contribution in [1.82, 2.24) is 20.1 Å². The van der Waals surface area contributed by atoms with Crippen LogP contribution in [-0.4, -0.2) is 39.1 Å². The van der Waals surface area contributed by atoms with E-state index in [0.717, 1.165) is 83.6 Å². The molecule has 0 radical (unpaired) electrons. The molecule has 0 atom stereocenters. The summed E-state index contributed by atoms with van der Waals surface area (Å²) in [5.74, 6) is 2.28. The standard InChI is InChI=1S/C29H27N5O2/c30-28-26-24(32-33-28)18-31-27(20-8-10-21(11-9-20)29(35)34-16-4-5-17-34)25(26)19-12-14-23(15-13-19)36-22-6-2-1-3-7-22/h1-3,6-12,14,18H,4-5,13,15-17H2,(H3,30,32,33). The van der Waals surface area contributed by atoms with E-state index >= 15 is 0 Å². The lowest BCUT2D eigenvalue weighted by Gasteiger charge is -2.19. The number of carbonyl (C=O) groups excluding carboxylic acids is 1. The van der Waals surface area contributed by atoms with Crippen LogP contribution >= 0.6 is 0 Å². The fourth-order valence-electron chi connectivity index (χ4n) is 4.99. The van der Waals surface area contributed by atoms with Crippen LogP contribution in [-0.2, 0) is 0 Å². The van der Waals surface area contributed by atoms with Gasteiger partial charge in [0.1, 0.15) is 11.5 Å². The summed E-state index contributed by atoms with van der Waals surface area (Å²) in [7, 11) is 0. The first-order chi connectivity index (χ1) is 17.7. The molecular formula is C29H27N5O2. The molecule has 4 aromatic rings. The molecule has 0 bridgehead atoms. The number of likely N-dealkylation sites (tertiary alicyclic amines) is 1. The molecule has 7 nitrogen and oxygen atoms in total. The van der Waals surface area contributed by atoms with Gasteiger partial charge >= 0.3 is 0 Å². The second-order valence-corrected chi connectivity index (χ2v) is 9.20. The number of amides is 1. The molecule has 1 saturated heterocycles. The number of benzene rings is 2. The number of rotatable bonds is 5. The van der Waals surface area contributed by atoms with Crippen LogP contribution in [0, 0.1) is 0 Å². The van der Waals surface area contributed by atoms with E-state index in [9.17, 15) is 4.79 Å². The van der Waals surface area contributed by atoms with Crippen molar-refractivity contribution in [3.8, 4) is 17.0 Å². The fourth-order valence-corrected chi connectivity index (χ4v) is 4.99. The zero-order valence-electron chi connectivity index (χ0n) is 19.9. The van der Waals surface area contributed by atoms with Crippen LogP contribution in [0.25, 0.3) is 27.7 Å². The summed E-state index contributed by atoms with van der Waals surface area (Å²) in [5.41, 5.74) is 11.6. The number of pyridine rings is 1. The van der Waals surface area contributed by atoms with Gasteiger partial charge in [0, 0.05) is 36.2 Å². The van der Waals surface area contributed by atoms with Crippen LogP contribution in [0.2, 0.25) is 0 Å². The van der Waals surface area contributed by atoms with Crippen LogP contribution in [0.15, 0.2) is 78.7 Å². The Bertz CT molecular complexity index is 1480. The number of nitrogen functional groups attached to an aromatic ring is 1. The minimum Gasteiger partial charge on any atom is -0.462 e. The lowest BCUT2D eigenvalue weighted by molar-refractivity contribution is 0.0793. The molecule has 7 heteroatoms. The minimum atomic E-state index is 0.0906. The van der Waals surface area contributed by atoms with Crippen molar-refractivity contribution < 1.29 is 9.53 Å². The highest BCUT2D eigenvalue weighted by Crippen LogP contribution is 2.39. The minimum absolute atomic E-state index is 0.0906. The zero-order chi connectivity index (χ0) is 24.5. The van der Waals surface area contributed by atoms with Crippen molar-refractivity contribution in [3.63, 3.8) is 0 Å². The molecule has 3 heterocycles. The van der Waals surface area contributed by atoms with E-state index in [1.54, 1.807) is 6.20 Å². The van der Waals surface area contributed by atoms with Crippen molar-refractivity contribution in [2.45, 2.75) is 25.7 Å². The molecule has 0 unspecified atom stereocenters. The first kappa shape index (κ1) is 22.1.